The smallest absolute Gasteiger partial charge is 0.326 e. The topological polar surface area (TPSA) is 66.4 Å². The van der Waals surface area contributed by atoms with Crippen molar-refractivity contribution in [3.63, 3.8) is 0 Å². The number of carbonyl (C=O) groups is 2. The van der Waals surface area contributed by atoms with E-state index in [-0.39, 0.29) is 11.8 Å². The molecule has 0 aliphatic rings. The summed E-state index contributed by atoms with van der Waals surface area (Å²) in [6.07, 6.45) is 8.54. The molecule has 0 fully saturated rings. The molecule has 0 heterocycles. The minimum absolute atomic E-state index is 0.0875. The molecule has 0 aromatic rings. The highest BCUT2D eigenvalue weighted by Gasteiger charge is 2.22. The standard InChI is InChI=1S/C15H29NO3/c1-4-5-6-7-8-9-10-11-13(17)16-14(12(2)3)15(18)19/h12,14H,4-11H2,1-3H3,(H,16,17)(H,18,19)/t14-/m0/s1. The van der Waals surface area contributed by atoms with Crippen LogP contribution in [0, 0.1) is 5.92 Å². The third-order valence-corrected chi connectivity index (χ3v) is 3.26. The van der Waals surface area contributed by atoms with Gasteiger partial charge in [0.1, 0.15) is 6.04 Å². The summed E-state index contributed by atoms with van der Waals surface area (Å²) in [5.41, 5.74) is 0. The summed E-state index contributed by atoms with van der Waals surface area (Å²) in [4.78, 5) is 22.6. The van der Waals surface area contributed by atoms with Gasteiger partial charge in [-0.1, -0.05) is 59.3 Å². The van der Waals surface area contributed by atoms with Crippen LogP contribution >= 0.6 is 0 Å². The highest BCUT2D eigenvalue weighted by atomic mass is 16.4. The summed E-state index contributed by atoms with van der Waals surface area (Å²) < 4.78 is 0. The molecule has 0 aromatic heterocycles. The molecule has 0 aliphatic carbocycles. The maximum absolute atomic E-state index is 11.6. The van der Waals surface area contributed by atoms with Crippen molar-refractivity contribution in [2.24, 2.45) is 5.92 Å². The van der Waals surface area contributed by atoms with E-state index in [2.05, 4.69) is 12.2 Å². The van der Waals surface area contributed by atoms with E-state index in [0.29, 0.717) is 6.42 Å². The number of nitrogens with one attached hydrogen (secondary N) is 1. The van der Waals surface area contributed by atoms with Gasteiger partial charge in [0, 0.05) is 6.42 Å². The van der Waals surface area contributed by atoms with Gasteiger partial charge in [-0.15, -0.1) is 0 Å². The molecule has 0 radical (unpaired) electrons. The molecule has 0 saturated carbocycles. The largest absolute Gasteiger partial charge is 0.480 e. The number of carbonyl (C=O) groups excluding carboxylic acids is 1. The van der Waals surface area contributed by atoms with Crippen LogP contribution in [-0.2, 0) is 9.59 Å². The number of carboxylic acids is 1. The predicted molar refractivity (Wildman–Crippen MR) is 77.0 cm³/mol. The molecular formula is C15H29NO3. The zero-order valence-electron chi connectivity index (χ0n) is 12.6. The van der Waals surface area contributed by atoms with Crippen LogP contribution in [0.3, 0.4) is 0 Å². The summed E-state index contributed by atoms with van der Waals surface area (Å²) in [6.45, 7) is 5.79. The average Bonchev–Trinajstić information content (AvgIpc) is 2.34. The van der Waals surface area contributed by atoms with E-state index < -0.39 is 12.0 Å². The number of carboxylic acid groups (broad SMARTS) is 1. The van der Waals surface area contributed by atoms with Crippen molar-refractivity contribution in [3.8, 4) is 0 Å². The monoisotopic (exact) mass is 271 g/mol. The SMILES string of the molecule is CCCCCCCCCC(=O)N[C@H](C(=O)O)C(C)C. The Balaban J connectivity index is 3.66. The quantitative estimate of drug-likeness (QED) is 0.566. The lowest BCUT2D eigenvalue weighted by atomic mass is 10.0. The number of hydrogen-bond acceptors (Lipinski definition) is 2. The molecule has 0 spiro atoms. The van der Waals surface area contributed by atoms with Gasteiger partial charge < -0.3 is 10.4 Å². The molecule has 19 heavy (non-hydrogen) atoms. The van der Waals surface area contributed by atoms with Crippen LogP contribution in [0.1, 0.15) is 72.1 Å². The number of aliphatic carboxylic acids is 1. The second-order valence-corrected chi connectivity index (χ2v) is 5.50. The Morgan fingerprint density at radius 3 is 2.00 bits per heavy atom. The first-order valence-corrected chi connectivity index (χ1v) is 7.51. The molecule has 112 valence electrons. The van der Waals surface area contributed by atoms with Crippen LogP contribution in [0.15, 0.2) is 0 Å². The first-order valence-electron chi connectivity index (χ1n) is 7.51. The molecule has 4 nitrogen and oxygen atoms in total. The normalized spacial score (nSPS) is 12.4. The molecular weight excluding hydrogens is 242 g/mol. The zero-order valence-corrected chi connectivity index (χ0v) is 12.6. The molecule has 1 atom stereocenters. The van der Waals surface area contributed by atoms with E-state index in [0.717, 1.165) is 12.8 Å². The van der Waals surface area contributed by atoms with Crippen molar-refractivity contribution in [2.45, 2.75) is 78.2 Å². The first kappa shape index (κ1) is 17.9. The summed E-state index contributed by atoms with van der Waals surface area (Å²) in [5, 5.41) is 11.6. The average molecular weight is 271 g/mol. The molecule has 0 rings (SSSR count). The van der Waals surface area contributed by atoms with Crippen LogP contribution in [0.2, 0.25) is 0 Å². The minimum atomic E-state index is -0.956. The first-order chi connectivity index (χ1) is 8.99. The van der Waals surface area contributed by atoms with Crippen LogP contribution in [0.4, 0.5) is 0 Å². The number of unbranched alkanes of at least 4 members (excludes halogenated alkanes) is 6. The van der Waals surface area contributed by atoms with Gasteiger partial charge in [-0.05, 0) is 12.3 Å². The highest BCUT2D eigenvalue weighted by molar-refractivity contribution is 5.83. The van der Waals surface area contributed by atoms with Crippen LogP contribution < -0.4 is 5.32 Å². The summed E-state index contributed by atoms with van der Waals surface area (Å²) in [6, 6.07) is -0.767. The molecule has 0 saturated heterocycles. The maximum atomic E-state index is 11.6. The fraction of sp³-hybridized carbons (Fsp3) is 0.867. The molecule has 4 heteroatoms. The van der Waals surface area contributed by atoms with E-state index in [9.17, 15) is 9.59 Å². The third-order valence-electron chi connectivity index (χ3n) is 3.26. The van der Waals surface area contributed by atoms with E-state index in [1.807, 2.05) is 0 Å². The lowest BCUT2D eigenvalue weighted by Gasteiger charge is -2.17. The number of rotatable bonds is 11. The van der Waals surface area contributed by atoms with Gasteiger partial charge in [-0.25, -0.2) is 4.79 Å². The molecule has 1 amide bonds. The minimum Gasteiger partial charge on any atom is -0.480 e. The van der Waals surface area contributed by atoms with Crippen molar-refractivity contribution in [2.75, 3.05) is 0 Å². The Labute approximate surface area is 117 Å². The summed E-state index contributed by atoms with van der Waals surface area (Å²) in [7, 11) is 0. The lowest BCUT2D eigenvalue weighted by Crippen LogP contribution is -2.44. The van der Waals surface area contributed by atoms with Crippen molar-refractivity contribution < 1.29 is 14.7 Å². The van der Waals surface area contributed by atoms with Crippen molar-refractivity contribution >= 4 is 11.9 Å². The van der Waals surface area contributed by atoms with Gasteiger partial charge in [0.25, 0.3) is 0 Å². The van der Waals surface area contributed by atoms with Crippen LogP contribution in [-0.4, -0.2) is 23.0 Å². The third kappa shape index (κ3) is 9.51. The van der Waals surface area contributed by atoms with E-state index in [1.165, 1.54) is 32.1 Å². The molecule has 2 N–H and O–H groups in total. The van der Waals surface area contributed by atoms with E-state index in [4.69, 9.17) is 5.11 Å². The Morgan fingerprint density at radius 2 is 1.53 bits per heavy atom. The van der Waals surface area contributed by atoms with Crippen molar-refractivity contribution in [1.29, 1.82) is 0 Å². The summed E-state index contributed by atoms with van der Waals surface area (Å²) in [5.74, 6) is -1.19. The maximum Gasteiger partial charge on any atom is 0.326 e. The Bertz CT molecular complexity index is 264. The fourth-order valence-corrected chi connectivity index (χ4v) is 2.00. The molecule has 0 aromatic carbocycles. The molecule has 0 unspecified atom stereocenters. The Morgan fingerprint density at radius 1 is 1.00 bits per heavy atom. The van der Waals surface area contributed by atoms with Gasteiger partial charge in [0.05, 0.1) is 0 Å². The van der Waals surface area contributed by atoms with Crippen molar-refractivity contribution in [3.05, 3.63) is 0 Å². The van der Waals surface area contributed by atoms with Crippen molar-refractivity contribution in [1.82, 2.24) is 5.32 Å². The predicted octanol–water partition coefficient (Wildman–Crippen LogP) is 3.35. The van der Waals surface area contributed by atoms with Gasteiger partial charge in [-0.2, -0.15) is 0 Å². The molecule has 0 aliphatic heterocycles. The molecule has 0 bridgehead atoms. The van der Waals surface area contributed by atoms with Crippen LogP contribution in [0.25, 0.3) is 0 Å². The summed E-state index contributed by atoms with van der Waals surface area (Å²) >= 11 is 0. The second-order valence-electron chi connectivity index (χ2n) is 5.50. The number of amides is 1. The van der Waals surface area contributed by atoms with E-state index >= 15 is 0 Å². The van der Waals surface area contributed by atoms with Gasteiger partial charge in [-0.3, -0.25) is 4.79 Å². The van der Waals surface area contributed by atoms with Crippen LogP contribution in [0.5, 0.6) is 0 Å². The van der Waals surface area contributed by atoms with Gasteiger partial charge >= 0.3 is 5.97 Å². The van der Waals surface area contributed by atoms with E-state index in [1.54, 1.807) is 13.8 Å². The zero-order chi connectivity index (χ0) is 14.7. The van der Waals surface area contributed by atoms with Gasteiger partial charge in [0.2, 0.25) is 5.91 Å². The van der Waals surface area contributed by atoms with Gasteiger partial charge in [0.15, 0.2) is 0 Å². The Hall–Kier alpha value is -1.06. The Kier molecular flexibility index (Phi) is 10.2. The highest BCUT2D eigenvalue weighted by Crippen LogP contribution is 2.09. The number of hydrogen-bond donors (Lipinski definition) is 2. The fourth-order valence-electron chi connectivity index (χ4n) is 2.00. The lowest BCUT2D eigenvalue weighted by molar-refractivity contribution is -0.143. The second kappa shape index (κ2) is 10.8.